The highest BCUT2D eigenvalue weighted by Gasteiger charge is 2.28. The minimum atomic E-state index is 0.693. The Labute approximate surface area is 95.2 Å². The third kappa shape index (κ3) is 1.19. The van der Waals surface area contributed by atoms with Crippen molar-refractivity contribution in [2.75, 3.05) is 0 Å². The van der Waals surface area contributed by atoms with Crippen LogP contribution >= 0.6 is 27.7 Å². The van der Waals surface area contributed by atoms with Gasteiger partial charge in [-0.25, -0.2) is 4.98 Å². The van der Waals surface area contributed by atoms with E-state index in [0.717, 1.165) is 16.1 Å². The van der Waals surface area contributed by atoms with Crippen molar-refractivity contribution >= 4 is 38.8 Å². The van der Waals surface area contributed by atoms with Crippen LogP contribution in [0.5, 0.6) is 0 Å². The molecule has 0 bridgehead atoms. The van der Waals surface area contributed by atoms with Crippen molar-refractivity contribution in [3.8, 4) is 0 Å². The van der Waals surface area contributed by atoms with Crippen LogP contribution in [0.15, 0.2) is 18.5 Å². The van der Waals surface area contributed by atoms with Crippen LogP contribution in [0.4, 0.5) is 0 Å². The van der Waals surface area contributed by atoms with E-state index in [-0.39, 0.29) is 0 Å². The first-order chi connectivity index (χ1) is 6.77. The molecule has 2 aromatic rings. The summed E-state index contributed by atoms with van der Waals surface area (Å²) >= 11 is 9.62. The van der Waals surface area contributed by atoms with Crippen LogP contribution in [0.25, 0.3) is 11.0 Å². The number of nitrogens with zero attached hydrogens (tertiary/aromatic N) is 2. The Kier molecular flexibility index (Phi) is 1.86. The number of rotatable bonds is 1. The highest BCUT2D eigenvalue weighted by atomic mass is 79.9. The van der Waals surface area contributed by atoms with Crippen molar-refractivity contribution in [1.29, 1.82) is 0 Å². The van der Waals surface area contributed by atoms with Crippen LogP contribution < -0.4 is 0 Å². The quantitative estimate of drug-likeness (QED) is 0.773. The van der Waals surface area contributed by atoms with Gasteiger partial charge in [-0.1, -0.05) is 11.6 Å². The molecule has 0 amide bonds. The molecular weight excluding hydrogens is 263 g/mol. The van der Waals surface area contributed by atoms with Gasteiger partial charge in [0.25, 0.3) is 0 Å². The largest absolute Gasteiger partial charge is 0.267 e. The Morgan fingerprint density at radius 2 is 2.29 bits per heavy atom. The van der Waals surface area contributed by atoms with E-state index < -0.39 is 0 Å². The predicted molar refractivity (Wildman–Crippen MR) is 61.0 cm³/mol. The van der Waals surface area contributed by atoms with Gasteiger partial charge in [0.2, 0.25) is 0 Å². The molecule has 14 heavy (non-hydrogen) atoms. The van der Waals surface area contributed by atoms with Crippen LogP contribution in [0.3, 0.4) is 0 Å². The third-order valence-electron chi connectivity index (χ3n) is 2.64. The molecule has 0 radical (unpaired) electrons. The standard InChI is InChI=1S/C10H8BrClN2/c11-14-5-7(6-1-2-6)9-8(12)3-4-13-10(9)14/h3-6H,1-2H2. The number of pyridine rings is 1. The van der Waals surface area contributed by atoms with Crippen LogP contribution in [0.1, 0.15) is 24.3 Å². The molecule has 2 aromatic heterocycles. The fraction of sp³-hybridized carbons (Fsp3) is 0.300. The molecule has 4 heteroatoms. The molecule has 0 saturated heterocycles. The number of hydrogen-bond acceptors (Lipinski definition) is 1. The maximum atomic E-state index is 6.17. The van der Waals surface area contributed by atoms with E-state index in [1.165, 1.54) is 18.4 Å². The van der Waals surface area contributed by atoms with Gasteiger partial charge in [0.15, 0.2) is 5.65 Å². The van der Waals surface area contributed by atoms with E-state index in [2.05, 4.69) is 27.3 Å². The zero-order chi connectivity index (χ0) is 9.71. The molecule has 0 unspecified atom stereocenters. The molecule has 0 aromatic carbocycles. The topological polar surface area (TPSA) is 17.8 Å². The second-order valence-corrected chi connectivity index (χ2v) is 4.83. The van der Waals surface area contributed by atoms with Crippen LogP contribution in [-0.4, -0.2) is 8.58 Å². The molecule has 72 valence electrons. The van der Waals surface area contributed by atoms with E-state index in [0.29, 0.717) is 5.92 Å². The van der Waals surface area contributed by atoms with Gasteiger partial charge in [-0.3, -0.25) is 3.59 Å². The minimum absolute atomic E-state index is 0.693. The smallest absolute Gasteiger partial charge is 0.151 e. The van der Waals surface area contributed by atoms with Crippen LogP contribution in [0, 0.1) is 0 Å². The second kappa shape index (κ2) is 2.97. The lowest BCUT2D eigenvalue weighted by atomic mass is 10.1. The van der Waals surface area contributed by atoms with Gasteiger partial charge in [0.05, 0.1) is 21.2 Å². The number of hydrogen-bond donors (Lipinski definition) is 0. The van der Waals surface area contributed by atoms with E-state index in [9.17, 15) is 0 Å². The normalized spacial score (nSPS) is 16.4. The Morgan fingerprint density at radius 3 is 3.00 bits per heavy atom. The van der Waals surface area contributed by atoms with Crippen molar-refractivity contribution in [2.45, 2.75) is 18.8 Å². The second-order valence-electron chi connectivity index (χ2n) is 3.66. The van der Waals surface area contributed by atoms with Gasteiger partial charge in [0, 0.05) is 17.8 Å². The lowest BCUT2D eigenvalue weighted by Gasteiger charge is -1.96. The number of halogens is 2. The molecule has 0 N–H and O–H groups in total. The van der Waals surface area contributed by atoms with Gasteiger partial charge in [-0.15, -0.1) is 0 Å². The van der Waals surface area contributed by atoms with Gasteiger partial charge in [-0.05, 0) is 30.4 Å². The average Bonchev–Trinajstić information content (AvgIpc) is 2.94. The summed E-state index contributed by atoms with van der Waals surface area (Å²) in [5.74, 6) is 0.693. The van der Waals surface area contributed by atoms with Gasteiger partial charge < -0.3 is 0 Å². The van der Waals surface area contributed by atoms with Crippen molar-refractivity contribution in [2.24, 2.45) is 0 Å². The summed E-state index contributed by atoms with van der Waals surface area (Å²) in [5, 5.41) is 1.91. The molecule has 0 atom stereocenters. The number of fused-ring (bicyclic) bond motifs is 1. The maximum Gasteiger partial charge on any atom is 0.151 e. The molecular formula is C10H8BrClN2. The molecule has 2 heterocycles. The Bertz CT molecular complexity index is 502. The summed E-state index contributed by atoms with van der Waals surface area (Å²) in [6.07, 6.45) is 6.37. The first-order valence-corrected chi connectivity index (χ1v) is 5.67. The summed E-state index contributed by atoms with van der Waals surface area (Å²) in [6.45, 7) is 0. The summed E-state index contributed by atoms with van der Waals surface area (Å²) in [5.41, 5.74) is 2.24. The van der Waals surface area contributed by atoms with Crippen LogP contribution in [0.2, 0.25) is 5.02 Å². The highest BCUT2D eigenvalue weighted by Crippen LogP contribution is 2.45. The Balaban J connectivity index is 2.39. The van der Waals surface area contributed by atoms with Crippen LogP contribution in [-0.2, 0) is 0 Å². The fourth-order valence-corrected chi connectivity index (χ4v) is 2.55. The minimum Gasteiger partial charge on any atom is -0.267 e. The van der Waals surface area contributed by atoms with E-state index >= 15 is 0 Å². The molecule has 2 nitrogen and oxygen atoms in total. The molecule has 1 aliphatic carbocycles. The zero-order valence-electron chi connectivity index (χ0n) is 7.37. The van der Waals surface area contributed by atoms with Gasteiger partial charge in [0.1, 0.15) is 0 Å². The third-order valence-corrected chi connectivity index (χ3v) is 3.50. The average molecular weight is 272 g/mol. The van der Waals surface area contributed by atoms with E-state index in [4.69, 9.17) is 11.6 Å². The Morgan fingerprint density at radius 1 is 1.50 bits per heavy atom. The first-order valence-electron chi connectivity index (χ1n) is 4.59. The molecule has 1 fully saturated rings. The number of aromatic nitrogens is 2. The summed E-state index contributed by atoms with van der Waals surface area (Å²) in [7, 11) is 0. The monoisotopic (exact) mass is 270 g/mol. The SMILES string of the molecule is Clc1ccnc2c1c(C1CC1)cn2Br. The molecule has 3 rings (SSSR count). The zero-order valence-corrected chi connectivity index (χ0v) is 9.72. The summed E-state index contributed by atoms with van der Waals surface area (Å²) in [4.78, 5) is 4.30. The molecule has 1 aliphatic rings. The lowest BCUT2D eigenvalue weighted by Crippen LogP contribution is -1.80. The van der Waals surface area contributed by atoms with Crippen molar-refractivity contribution in [3.05, 3.63) is 29.0 Å². The highest BCUT2D eigenvalue weighted by molar-refractivity contribution is 9.08. The van der Waals surface area contributed by atoms with Crippen molar-refractivity contribution < 1.29 is 0 Å². The lowest BCUT2D eigenvalue weighted by molar-refractivity contribution is 1.14. The van der Waals surface area contributed by atoms with Crippen molar-refractivity contribution in [3.63, 3.8) is 0 Å². The maximum absolute atomic E-state index is 6.17. The van der Waals surface area contributed by atoms with Crippen molar-refractivity contribution in [1.82, 2.24) is 8.58 Å². The summed E-state index contributed by atoms with van der Waals surface area (Å²) in [6, 6.07) is 1.85. The van der Waals surface area contributed by atoms with E-state index in [1.807, 2.05) is 9.66 Å². The first kappa shape index (κ1) is 8.74. The Hall–Kier alpha value is -0.540. The molecule has 0 spiro atoms. The summed E-state index contributed by atoms with van der Waals surface area (Å²) < 4.78 is 1.88. The predicted octanol–water partition coefficient (Wildman–Crippen LogP) is 3.73. The van der Waals surface area contributed by atoms with Gasteiger partial charge in [-0.2, -0.15) is 0 Å². The fourth-order valence-electron chi connectivity index (χ4n) is 1.81. The van der Waals surface area contributed by atoms with E-state index in [1.54, 1.807) is 6.20 Å². The van der Waals surface area contributed by atoms with Gasteiger partial charge >= 0.3 is 0 Å². The molecule has 1 saturated carbocycles. The molecule has 0 aliphatic heterocycles.